The largest absolute Gasteiger partial charge is 0.504 e. The lowest BCUT2D eigenvalue weighted by molar-refractivity contribution is -0.159. The van der Waals surface area contributed by atoms with E-state index >= 15 is 0 Å². The first-order chi connectivity index (χ1) is 12.2. The summed E-state index contributed by atoms with van der Waals surface area (Å²) in [5, 5.41) is 28.1. The van der Waals surface area contributed by atoms with E-state index in [9.17, 15) is 24.9 Å². The van der Waals surface area contributed by atoms with Gasteiger partial charge in [0.25, 0.3) is 0 Å². The summed E-state index contributed by atoms with van der Waals surface area (Å²) in [5.74, 6) is -2.42. The van der Waals surface area contributed by atoms with Gasteiger partial charge in [-0.1, -0.05) is 27.2 Å². The van der Waals surface area contributed by atoms with Gasteiger partial charge in [0.05, 0.1) is 5.56 Å². The molecule has 1 aliphatic rings. The van der Waals surface area contributed by atoms with Crippen LogP contribution in [0.4, 0.5) is 0 Å². The number of hydrogen-bond acceptors (Lipinski definition) is 7. The Bertz CT molecular complexity index is 645. The van der Waals surface area contributed by atoms with E-state index in [1.54, 1.807) is 0 Å². The Hall–Kier alpha value is -2.44. The lowest BCUT2D eigenvalue weighted by Gasteiger charge is -2.36. The highest BCUT2D eigenvalue weighted by molar-refractivity contribution is 5.92. The van der Waals surface area contributed by atoms with Gasteiger partial charge in [-0.15, -0.1) is 0 Å². The molecule has 0 aliphatic heterocycles. The molecular formula is C19H26O7. The summed E-state index contributed by atoms with van der Waals surface area (Å²) in [7, 11) is 0. The van der Waals surface area contributed by atoms with Crippen molar-refractivity contribution < 1.29 is 34.4 Å². The Morgan fingerprint density at radius 2 is 1.77 bits per heavy atom. The third-order valence-corrected chi connectivity index (χ3v) is 4.87. The molecule has 2 rings (SSSR count). The number of hydrogen-bond donors (Lipinski definition) is 3. The molecule has 3 N–H and O–H groups in total. The van der Waals surface area contributed by atoms with Gasteiger partial charge in [0.2, 0.25) is 0 Å². The molecule has 1 aromatic carbocycles. The Balaban J connectivity index is 1.92. The highest BCUT2D eigenvalue weighted by Gasteiger charge is 2.33. The van der Waals surface area contributed by atoms with Crippen LogP contribution in [-0.4, -0.2) is 40.0 Å². The number of carbonyl (C=O) groups excluding carboxylic acids is 2. The second-order valence-electron chi connectivity index (χ2n) is 7.29. The van der Waals surface area contributed by atoms with Gasteiger partial charge in [-0.3, -0.25) is 0 Å². The molecule has 0 aromatic heterocycles. The first-order valence-electron chi connectivity index (χ1n) is 8.80. The van der Waals surface area contributed by atoms with Crippen molar-refractivity contribution in [3.8, 4) is 17.2 Å². The van der Waals surface area contributed by atoms with Crippen LogP contribution in [0.15, 0.2) is 12.1 Å². The summed E-state index contributed by atoms with van der Waals surface area (Å²) in [4.78, 5) is 24.0. The summed E-state index contributed by atoms with van der Waals surface area (Å²) in [6.07, 6.45) is 2.72. The second-order valence-corrected chi connectivity index (χ2v) is 7.29. The fraction of sp³-hybridized carbons (Fsp3) is 0.579. The van der Waals surface area contributed by atoms with Crippen molar-refractivity contribution in [2.24, 2.45) is 17.8 Å². The van der Waals surface area contributed by atoms with E-state index in [-0.39, 0.29) is 17.6 Å². The number of benzene rings is 1. The fourth-order valence-electron chi connectivity index (χ4n) is 3.38. The average Bonchev–Trinajstić information content (AvgIpc) is 2.56. The fourth-order valence-corrected chi connectivity index (χ4v) is 3.38. The smallest absolute Gasteiger partial charge is 0.344 e. The van der Waals surface area contributed by atoms with E-state index in [1.165, 1.54) is 0 Å². The molecule has 1 aromatic rings. The lowest BCUT2D eigenvalue weighted by atomic mass is 9.75. The predicted molar refractivity (Wildman–Crippen MR) is 92.9 cm³/mol. The molecule has 7 heteroatoms. The molecule has 1 saturated carbocycles. The Labute approximate surface area is 152 Å². The summed E-state index contributed by atoms with van der Waals surface area (Å²) >= 11 is 0. The standard InChI is InChI=1S/C19H26O7/c1-10(2)13-5-4-11(3)6-16(13)26-17(22)9-25-19(24)12-7-14(20)18(23)15(21)8-12/h7-8,10-11,13,16,20-21,23H,4-6,9H2,1-3H3. The zero-order valence-corrected chi connectivity index (χ0v) is 15.3. The summed E-state index contributed by atoms with van der Waals surface area (Å²) in [6.45, 7) is 5.77. The number of esters is 2. The minimum Gasteiger partial charge on any atom is -0.504 e. The van der Waals surface area contributed by atoms with Gasteiger partial charge in [-0.05, 0) is 42.7 Å². The highest BCUT2D eigenvalue weighted by Crippen LogP contribution is 2.36. The zero-order valence-electron chi connectivity index (χ0n) is 15.3. The van der Waals surface area contributed by atoms with Crippen LogP contribution < -0.4 is 0 Å². The van der Waals surface area contributed by atoms with Crippen molar-refractivity contribution in [2.45, 2.75) is 46.1 Å². The summed E-state index contributed by atoms with van der Waals surface area (Å²) < 4.78 is 10.4. The van der Waals surface area contributed by atoms with Crippen molar-refractivity contribution >= 4 is 11.9 Å². The van der Waals surface area contributed by atoms with E-state index in [1.807, 2.05) is 0 Å². The van der Waals surface area contributed by atoms with Gasteiger partial charge in [0, 0.05) is 0 Å². The topological polar surface area (TPSA) is 113 Å². The van der Waals surface area contributed by atoms with E-state index in [4.69, 9.17) is 9.47 Å². The molecule has 0 amide bonds. The molecule has 3 unspecified atom stereocenters. The van der Waals surface area contributed by atoms with Crippen LogP contribution in [0.2, 0.25) is 0 Å². The number of ether oxygens (including phenoxy) is 2. The number of phenolic OH excluding ortho intramolecular Hbond substituents is 3. The summed E-state index contributed by atoms with van der Waals surface area (Å²) in [5.41, 5.74) is -0.183. The van der Waals surface area contributed by atoms with Gasteiger partial charge in [0.1, 0.15) is 6.10 Å². The molecule has 7 nitrogen and oxygen atoms in total. The number of carbonyl (C=O) groups is 2. The van der Waals surface area contributed by atoms with Crippen molar-refractivity contribution in [1.82, 2.24) is 0 Å². The van der Waals surface area contributed by atoms with Crippen molar-refractivity contribution in [2.75, 3.05) is 6.61 Å². The molecule has 0 radical (unpaired) electrons. The van der Waals surface area contributed by atoms with Gasteiger partial charge in [0.15, 0.2) is 23.9 Å². The molecular weight excluding hydrogens is 340 g/mol. The van der Waals surface area contributed by atoms with Gasteiger partial charge >= 0.3 is 11.9 Å². The molecule has 1 aliphatic carbocycles. The molecule has 144 valence electrons. The predicted octanol–water partition coefficient (Wildman–Crippen LogP) is 2.96. The van der Waals surface area contributed by atoms with Crippen LogP contribution in [0.5, 0.6) is 17.2 Å². The SMILES string of the molecule is CC1CCC(C(C)C)C(OC(=O)COC(=O)c2cc(O)c(O)c(O)c2)C1. The number of phenols is 3. The maximum absolute atomic E-state index is 12.1. The summed E-state index contributed by atoms with van der Waals surface area (Å²) in [6, 6.07) is 1.89. The Morgan fingerprint density at radius 3 is 2.35 bits per heavy atom. The van der Waals surface area contributed by atoms with Crippen molar-refractivity contribution in [3.63, 3.8) is 0 Å². The third-order valence-electron chi connectivity index (χ3n) is 4.87. The van der Waals surface area contributed by atoms with Crippen LogP contribution in [0.3, 0.4) is 0 Å². The van der Waals surface area contributed by atoms with Crippen LogP contribution in [0.1, 0.15) is 50.4 Å². The quantitative estimate of drug-likeness (QED) is 0.542. The molecule has 3 atom stereocenters. The van der Waals surface area contributed by atoms with E-state index in [0.717, 1.165) is 31.4 Å². The Morgan fingerprint density at radius 1 is 1.15 bits per heavy atom. The normalized spacial score (nSPS) is 22.8. The van der Waals surface area contributed by atoms with Crippen molar-refractivity contribution in [1.29, 1.82) is 0 Å². The number of aromatic hydroxyl groups is 3. The monoisotopic (exact) mass is 366 g/mol. The molecule has 1 fully saturated rings. The number of rotatable bonds is 5. The van der Waals surface area contributed by atoms with E-state index in [2.05, 4.69) is 20.8 Å². The van der Waals surface area contributed by atoms with Crippen LogP contribution >= 0.6 is 0 Å². The van der Waals surface area contributed by atoms with Gasteiger partial charge in [-0.25, -0.2) is 9.59 Å². The average molecular weight is 366 g/mol. The Kier molecular flexibility index (Phi) is 6.34. The maximum Gasteiger partial charge on any atom is 0.344 e. The van der Waals surface area contributed by atoms with Crippen LogP contribution in [-0.2, 0) is 14.3 Å². The minimum absolute atomic E-state index is 0.183. The zero-order chi connectivity index (χ0) is 19.4. The van der Waals surface area contributed by atoms with E-state index in [0.29, 0.717) is 11.8 Å². The minimum atomic E-state index is -0.912. The highest BCUT2D eigenvalue weighted by atomic mass is 16.6. The van der Waals surface area contributed by atoms with Crippen LogP contribution in [0.25, 0.3) is 0 Å². The first kappa shape index (κ1) is 19.9. The third kappa shape index (κ3) is 4.80. The second kappa shape index (κ2) is 8.29. The maximum atomic E-state index is 12.1. The lowest BCUT2D eigenvalue weighted by Crippen LogP contribution is -2.36. The molecule has 0 saturated heterocycles. The molecule has 26 heavy (non-hydrogen) atoms. The molecule has 0 spiro atoms. The van der Waals surface area contributed by atoms with E-state index < -0.39 is 35.8 Å². The first-order valence-corrected chi connectivity index (χ1v) is 8.80. The van der Waals surface area contributed by atoms with Crippen molar-refractivity contribution in [3.05, 3.63) is 17.7 Å². The van der Waals surface area contributed by atoms with Gasteiger partial charge < -0.3 is 24.8 Å². The molecule has 0 heterocycles. The molecule has 0 bridgehead atoms. The van der Waals surface area contributed by atoms with Crippen LogP contribution in [0, 0.1) is 17.8 Å². The van der Waals surface area contributed by atoms with Gasteiger partial charge in [-0.2, -0.15) is 0 Å².